The van der Waals surface area contributed by atoms with Crippen LogP contribution in [0.25, 0.3) is 0 Å². The molecule has 1 aromatic heterocycles. The smallest absolute Gasteiger partial charge is 0.227 e. The Balaban J connectivity index is 1.94. The molecular formula is C11H15N3O. The maximum absolute atomic E-state index is 11.8. The number of anilines is 1. The summed E-state index contributed by atoms with van der Waals surface area (Å²) in [6.45, 7) is 1.93. The standard InChI is InChI=1S/C11H15N3O/c1-14(10-3-2-4-12-8-10)11(15)5-9-6-13-7-9/h2-4,8-9,13H,5-7H2,1H3. The van der Waals surface area contributed by atoms with Crippen molar-refractivity contribution in [3.8, 4) is 0 Å². The van der Waals surface area contributed by atoms with Gasteiger partial charge in [-0.2, -0.15) is 0 Å². The van der Waals surface area contributed by atoms with Gasteiger partial charge in [0.25, 0.3) is 0 Å². The number of nitrogens with zero attached hydrogens (tertiary/aromatic N) is 2. The Labute approximate surface area is 89.3 Å². The average molecular weight is 205 g/mol. The van der Waals surface area contributed by atoms with Crippen LogP contribution in [0.5, 0.6) is 0 Å². The van der Waals surface area contributed by atoms with Gasteiger partial charge in [-0.05, 0) is 31.1 Å². The number of rotatable bonds is 3. The molecule has 2 heterocycles. The van der Waals surface area contributed by atoms with Gasteiger partial charge >= 0.3 is 0 Å². The summed E-state index contributed by atoms with van der Waals surface area (Å²) >= 11 is 0. The van der Waals surface area contributed by atoms with Gasteiger partial charge in [-0.25, -0.2) is 0 Å². The number of carbonyl (C=O) groups is 1. The summed E-state index contributed by atoms with van der Waals surface area (Å²) in [6, 6.07) is 3.73. The van der Waals surface area contributed by atoms with Crippen LogP contribution in [0.4, 0.5) is 5.69 Å². The predicted molar refractivity (Wildman–Crippen MR) is 58.6 cm³/mol. The van der Waals surface area contributed by atoms with Crippen LogP contribution >= 0.6 is 0 Å². The molecule has 0 bridgehead atoms. The molecule has 2 rings (SSSR count). The second kappa shape index (κ2) is 4.40. The minimum Gasteiger partial charge on any atom is -0.316 e. The van der Waals surface area contributed by atoms with E-state index in [1.165, 1.54) is 0 Å². The van der Waals surface area contributed by atoms with E-state index in [4.69, 9.17) is 0 Å². The number of hydrogen-bond donors (Lipinski definition) is 1. The fraction of sp³-hybridized carbons (Fsp3) is 0.455. The SMILES string of the molecule is CN(C(=O)CC1CNC1)c1cccnc1. The number of amides is 1. The molecule has 0 spiro atoms. The van der Waals surface area contributed by atoms with Crippen molar-refractivity contribution in [3.05, 3.63) is 24.5 Å². The number of hydrogen-bond acceptors (Lipinski definition) is 3. The molecule has 1 amide bonds. The highest BCUT2D eigenvalue weighted by Gasteiger charge is 2.22. The van der Waals surface area contributed by atoms with Gasteiger partial charge < -0.3 is 10.2 Å². The molecule has 80 valence electrons. The molecule has 0 aliphatic carbocycles. The maximum Gasteiger partial charge on any atom is 0.227 e. The third kappa shape index (κ3) is 2.33. The van der Waals surface area contributed by atoms with E-state index in [-0.39, 0.29) is 5.91 Å². The Kier molecular flexibility index (Phi) is 2.97. The Morgan fingerprint density at radius 3 is 3.00 bits per heavy atom. The average Bonchev–Trinajstić information content (AvgIpc) is 2.23. The Bertz CT molecular complexity index is 335. The van der Waals surface area contributed by atoms with E-state index in [0.29, 0.717) is 12.3 Å². The summed E-state index contributed by atoms with van der Waals surface area (Å²) in [5.74, 6) is 0.672. The number of carbonyl (C=O) groups excluding carboxylic acids is 1. The third-order valence-electron chi connectivity index (χ3n) is 2.74. The van der Waals surface area contributed by atoms with E-state index in [1.54, 1.807) is 24.3 Å². The molecule has 1 saturated heterocycles. The Hall–Kier alpha value is -1.42. The normalized spacial score (nSPS) is 15.8. The largest absolute Gasteiger partial charge is 0.316 e. The van der Waals surface area contributed by atoms with Crippen molar-refractivity contribution < 1.29 is 4.79 Å². The van der Waals surface area contributed by atoms with Gasteiger partial charge in [-0.15, -0.1) is 0 Å². The van der Waals surface area contributed by atoms with Crippen molar-refractivity contribution in [1.29, 1.82) is 0 Å². The van der Waals surface area contributed by atoms with E-state index in [9.17, 15) is 4.79 Å². The zero-order valence-electron chi connectivity index (χ0n) is 8.81. The van der Waals surface area contributed by atoms with Crippen molar-refractivity contribution in [2.24, 2.45) is 5.92 Å². The maximum atomic E-state index is 11.8. The number of aromatic nitrogens is 1. The predicted octanol–water partition coefficient (Wildman–Crippen LogP) is 0.654. The highest BCUT2D eigenvalue weighted by Crippen LogP contribution is 2.15. The van der Waals surface area contributed by atoms with Crippen LogP contribution in [0.2, 0.25) is 0 Å². The van der Waals surface area contributed by atoms with Gasteiger partial charge in [0.1, 0.15) is 0 Å². The third-order valence-corrected chi connectivity index (χ3v) is 2.74. The number of pyridine rings is 1. The molecule has 1 aliphatic heterocycles. The summed E-state index contributed by atoms with van der Waals surface area (Å²) in [7, 11) is 1.80. The zero-order valence-corrected chi connectivity index (χ0v) is 8.81. The quantitative estimate of drug-likeness (QED) is 0.788. The summed E-state index contributed by atoms with van der Waals surface area (Å²) in [4.78, 5) is 17.5. The van der Waals surface area contributed by atoms with Crippen LogP contribution in [0.1, 0.15) is 6.42 Å². The van der Waals surface area contributed by atoms with Crippen molar-refractivity contribution in [3.63, 3.8) is 0 Å². The molecule has 4 nitrogen and oxygen atoms in total. The first-order valence-corrected chi connectivity index (χ1v) is 5.14. The van der Waals surface area contributed by atoms with E-state index in [1.807, 2.05) is 12.1 Å². The van der Waals surface area contributed by atoms with Gasteiger partial charge in [0.15, 0.2) is 0 Å². The highest BCUT2D eigenvalue weighted by molar-refractivity contribution is 5.92. The molecule has 1 N–H and O–H groups in total. The van der Waals surface area contributed by atoms with Crippen LogP contribution < -0.4 is 10.2 Å². The first-order valence-electron chi connectivity index (χ1n) is 5.14. The van der Waals surface area contributed by atoms with Crippen LogP contribution in [0.3, 0.4) is 0 Å². The molecule has 0 unspecified atom stereocenters. The van der Waals surface area contributed by atoms with E-state index < -0.39 is 0 Å². The molecule has 1 aromatic rings. The van der Waals surface area contributed by atoms with Gasteiger partial charge in [0, 0.05) is 19.7 Å². The molecule has 4 heteroatoms. The Morgan fingerprint density at radius 1 is 1.67 bits per heavy atom. The topological polar surface area (TPSA) is 45.2 Å². The molecule has 15 heavy (non-hydrogen) atoms. The summed E-state index contributed by atoms with van der Waals surface area (Å²) in [6.07, 6.45) is 4.03. The lowest BCUT2D eigenvalue weighted by Gasteiger charge is -2.28. The fourth-order valence-electron chi connectivity index (χ4n) is 1.57. The summed E-state index contributed by atoms with van der Waals surface area (Å²) in [5.41, 5.74) is 0.856. The molecule has 1 fully saturated rings. The Morgan fingerprint density at radius 2 is 2.47 bits per heavy atom. The van der Waals surface area contributed by atoms with Gasteiger partial charge in [0.05, 0.1) is 11.9 Å². The van der Waals surface area contributed by atoms with Crippen molar-refractivity contribution in [2.45, 2.75) is 6.42 Å². The fourth-order valence-corrected chi connectivity index (χ4v) is 1.57. The number of nitrogens with one attached hydrogen (secondary N) is 1. The van der Waals surface area contributed by atoms with Crippen LogP contribution in [0, 0.1) is 5.92 Å². The minimum absolute atomic E-state index is 0.162. The lowest BCUT2D eigenvalue weighted by molar-refractivity contribution is -0.119. The van der Waals surface area contributed by atoms with Crippen molar-refractivity contribution in [1.82, 2.24) is 10.3 Å². The van der Waals surface area contributed by atoms with Crippen molar-refractivity contribution >= 4 is 11.6 Å². The van der Waals surface area contributed by atoms with E-state index in [0.717, 1.165) is 18.8 Å². The van der Waals surface area contributed by atoms with Crippen LogP contribution in [-0.2, 0) is 4.79 Å². The van der Waals surface area contributed by atoms with E-state index >= 15 is 0 Å². The van der Waals surface area contributed by atoms with Crippen LogP contribution in [-0.4, -0.2) is 31.0 Å². The monoisotopic (exact) mass is 205 g/mol. The summed E-state index contributed by atoms with van der Waals surface area (Å²) in [5, 5.41) is 3.16. The second-order valence-corrected chi connectivity index (χ2v) is 3.89. The molecule has 0 aromatic carbocycles. The highest BCUT2D eigenvalue weighted by atomic mass is 16.2. The first kappa shape index (κ1) is 10.1. The molecule has 0 saturated carbocycles. The first-order chi connectivity index (χ1) is 7.27. The molecular weight excluding hydrogens is 190 g/mol. The molecule has 1 aliphatic rings. The van der Waals surface area contributed by atoms with Gasteiger partial charge in [-0.3, -0.25) is 9.78 Å². The van der Waals surface area contributed by atoms with Crippen molar-refractivity contribution in [2.75, 3.05) is 25.0 Å². The van der Waals surface area contributed by atoms with Gasteiger partial charge in [-0.1, -0.05) is 0 Å². The minimum atomic E-state index is 0.162. The van der Waals surface area contributed by atoms with E-state index in [2.05, 4.69) is 10.3 Å². The lowest BCUT2D eigenvalue weighted by atomic mass is 9.99. The molecule has 0 atom stereocenters. The second-order valence-electron chi connectivity index (χ2n) is 3.89. The van der Waals surface area contributed by atoms with Gasteiger partial charge in [0.2, 0.25) is 5.91 Å². The lowest BCUT2D eigenvalue weighted by Crippen LogP contribution is -2.44. The van der Waals surface area contributed by atoms with Crippen LogP contribution in [0.15, 0.2) is 24.5 Å². The summed E-state index contributed by atoms with van der Waals surface area (Å²) < 4.78 is 0. The zero-order chi connectivity index (χ0) is 10.7. The molecule has 0 radical (unpaired) electrons.